The molecular formula is C16H32O2. The fourth-order valence-electron chi connectivity index (χ4n) is 1.98. The van der Waals surface area contributed by atoms with E-state index in [0.717, 1.165) is 6.61 Å². The average Bonchev–Trinajstić information content (AvgIpc) is 2.39. The van der Waals surface area contributed by atoms with Crippen molar-refractivity contribution in [2.45, 2.75) is 71.1 Å². The van der Waals surface area contributed by atoms with Gasteiger partial charge in [-0.1, -0.05) is 71.3 Å². The normalized spacial score (nSPS) is 10.5. The zero-order valence-electron chi connectivity index (χ0n) is 12.3. The SMILES string of the molecule is C=COCCOCCCCCCCCCCCC. The summed E-state index contributed by atoms with van der Waals surface area (Å²) in [6.45, 7) is 7.93. The summed E-state index contributed by atoms with van der Waals surface area (Å²) >= 11 is 0. The predicted molar refractivity (Wildman–Crippen MR) is 78.8 cm³/mol. The fraction of sp³-hybridized carbons (Fsp3) is 0.875. The van der Waals surface area contributed by atoms with Crippen molar-refractivity contribution >= 4 is 0 Å². The Labute approximate surface area is 114 Å². The highest BCUT2D eigenvalue weighted by Gasteiger charge is 1.93. The second-order valence-electron chi connectivity index (χ2n) is 4.83. The molecule has 0 N–H and O–H groups in total. The van der Waals surface area contributed by atoms with Crippen LogP contribution in [0.5, 0.6) is 0 Å². The molecule has 0 bridgehead atoms. The largest absolute Gasteiger partial charge is 0.499 e. The monoisotopic (exact) mass is 256 g/mol. The second-order valence-corrected chi connectivity index (χ2v) is 4.83. The van der Waals surface area contributed by atoms with Gasteiger partial charge in [-0.15, -0.1) is 0 Å². The van der Waals surface area contributed by atoms with Crippen LogP contribution in [-0.4, -0.2) is 19.8 Å². The summed E-state index contributed by atoms with van der Waals surface area (Å²) in [6.07, 6.45) is 15.2. The van der Waals surface area contributed by atoms with E-state index in [-0.39, 0.29) is 0 Å². The van der Waals surface area contributed by atoms with Gasteiger partial charge in [0.05, 0.1) is 12.9 Å². The van der Waals surface area contributed by atoms with Crippen molar-refractivity contribution < 1.29 is 9.47 Å². The summed E-state index contributed by atoms with van der Waals surface area (Å²) in [4.78, 5) is 0. The van der Waals surface area contributed by atoms with Crippen molar-refractivity contribution in [2.75, 3.05) is 19.8 Å². The molecule has 0 aromatic carbocycles. The molecule has 0 atom stereocenters. The first-order chi connectivity index (χ1) is 8.91. The molecule has 0 aliphatic heterocycles. The Hall–Kier alpha value is -0.500. The highest BCUT2D eigenvalue weighted by atomic mass is 16.5. The minimum absolute atomic E-state index is 0.626. The van der Waals surface area contributed by atoms with Crippen LogP contribution in [0, 0.1) is 0 Å². The Morgan fingerprint density at radius 2 is 1.28 bits per heavy atom. The molecule has 0 aliphatic carbocycles. The van der Waals surface area contributed by atoms with E-state index >= 15 is 0 Å². The van der Waals surface area contributed by atoms with E-state index in [2.05, 4.69) is 13.5 Å². The number of hydrogen-bond acceptors (Lipinski definition) is 2. The van der Waals surface area contributed by atoms with Gasteiger partial charge in [0, 0.05) is 6.61 Å². The smallest absolute Gasteiger partial charge is 0.111 e. The Kier molecular flexibility index (Phi) is 16.0. The zero-order valence-corrected chi connectivity index (χ0v) is 12.3. The molecule has 0 heterocycles. The van der Waals surface area contributed by atoms with Gasteiger partial charge in [0.15, 0.2) is 0 Å². The van der Waals surface area contributed by atoms with Crippen molar-refractivity contribution in [3.05, 3.63) is 12.8 Å². The molecule has 0 radical (unpaired) electrons. The molecule has 0 aliphatic rings. The molecule has 0 rings (SSSR count). The lowest BCUT2D eigenvalue weighted by atomic mass is 10.1. The molecule has 0 saturated carbocycles. The first-order valence-corrected chi connectivity index (χ1v) is 7.72. The van der Waals surface area contributed by atoms with Gasteiger partial charge in [0.2, 0.25) is 0 Å². The van der Waals surface area contributed by atoms with Crippen LogP contribution in [0.1, 0.15) is 71.1 Å². The number of unbranched alkanes of at least 4 members (excludes halogenated alkanes) is 9. The average molecular weight is 256 g/mol. The molecule has 0 amide bonds. The Balaban J connectivity index is 2.88. The van der Waals surface area contributed by atoms with E-state index in [1.54, 1.807) is 0 Å². The van der Waals surface area contributed by atoms with E-state index in [0.29, 0.717) is 13.2 Å². The van der Waals surface area contributed by atoms with Crippen molar-refractivity contribution in [1.82, 2.24) is 0 Å². The topological polar surface area (TPSA) is 18.5 Å². The summed E-state index contributed by atoms with van der Waals surface area (Å²) in [6, 6.07) is 0. The van der Waals surface area contributed by atoms with Gasteiger partial charge in [0.25, 0.3) is 0 Å². The fourth-order valence-corrected chi connectivity index (χ4v) is 1.98. The summed E-state index contributed by atoms with van der Waals surface area (Å²) in [5.74, 6) is 0. The molecule has 108 valence electrons. The predicted octanol–water partition coefficient (Wildman–Crippen LogP) is 5.08. The molecule has 2 nitrogen and oxygen atoms in total. The lowest BCUT2D eigenvalue weighted by Gasteiger charge is -2.04. The van der Waals surface area contributed by atoms with Crippen molar-refractivity contribution in [2.24, 2.45) is 0 Å². The van der Waals surface area contributed by atoms with E-state index in [4.69, 9.17) is 9.47 Å². The van der Waals surface area contributed by atoms with Crippen LogP contribution in [0.2, 0.25) is 0 Å². The Bertz CT molecular complexity index is 157. The summed E-state index contributed by atoms with van der Waals surface area (Å²) < 4.78 is 10.4. The van der Waals surface area contributed by atoms with Crippen LogP contribution in [0.25, 0.3) is 0 Å². The maximum atomic E-state index is 5.43. The molecule has 18 heavy (non-hydrogen) atoms. The number of hydrogen-bond donors (Lipinski definition) is 0. The molecule has 0 fully saturated rings. The maximum Gasteiger partial charge on any atom is 0.111 e. The van der Waals surface area contributed by atoms with Crippen molar-refractivity contribution in [3.8, 4) is 0 Å². The first-order valence-electron chi connectivity index (χ1n) is 7.72. The van der Waals surface area contributed by atoms with E-state index < -0.39 is 0 Å². The molecule has 0 aromatic heterocycles. The van der Waals surface area contributed by atoms with Gasteiger partial charge in [0.1, 0.15) is 6.61 Å². The summed E-state index contributed by atoms with van der Waals surface area (Å²) in [5, 5.41) is 0. The maximum absolute atomic E-state index is 5.43. The van der Waals surface area contributed by atoms with Crippen LogP contribution in [0.3, 0.4) is 0 Å². The summed E-state index contributed by atoms with van der Waals surface area (Å²) in [5.41, 5.74) is 0. The quantitative estimate of drug-likeness (QED) is 0.300. The van der Waals surface area contributed by atoms with Gasteiger partial charge in [-0.2, -0.15) is 0 Å². The minimum atomic E-state index is 0.626. The molecular weight excluding hydrogens is 224 g/mol. The van der Waals surface area contributed by atoms with E-state index in [1.165, 1.54) is 70.5 Å². The standard InChI is InChI=1S/C16H32O2/c1-3-5-6-7-8-9-10-11-12-13-14-18-16-15-17-4-2/h4H,2-3,5-16H2,1H3. The lowest BCUT2D eigenvalue weighted by Crippen LogP contribution is -2.02. The molecule has 0 spiro atoms. The van der Waals surface area contributed by atoms with Crippen molar-refractivity contribution in [3.63, 3.8) is 0 Å². The first kappa shape index (κ1) is 17.5. The Morgan fingerprint density at radius 3 is 1.83 bits per heavy atom. The highest BCUT2D eigenvalue weighted by molar-refractivity contribution is 4.49. The van der Waals surface area contributed by atoms with Crippen LogP contribution in [-0.2, 0) is 9.47 Å². The Morgan fingerprint density at radius 1 is 0.722 bits per heavy atom. The van der Waals surface area contributed by atoms with Crippen LogP contribution in [0.15, 0.2) is 12.8 Å². The molecule has 0 saturated heterocycles. The third-order valence-corrected chi connectivity index (χ3v) is 3.11. The third-order valence-electron chi connectivity index (χ3n) is 3.11. The molecule has 0 unspecified atom stereocenters. The van der Waals surface area contributed by atoms with Crippen LogP contribution >= 0.6 is 0 Å². The van der Waals surface area contributed by atoms with E-state index in [9.17, 15) is 0 Å². The van der Waals surface area contributed by atoms with Gasteiger partial charge in [-0.25, -0.2) is 0 Å². The highest BCUT2D eigenvalue weighted by Crippen LogP contribution is 2.10. The number of ether oxygens (including phenoxy) is 2. The zero-order chi connectivity index (χ0) is 13.3. The van der Waals surface area contributed by atoms with Crippen molar-refractivity contribution in [1.29, 1.82) is 0 Å². The number of rotatable bonds is 15. The lowest BCUT2D eigenvalue weighted by molar-refractivity contribution is 0.0826. The van der Waals surface area contributed by atoms with Gasteiger partial charge >= 0.3 is 0 Å². The molecule has 2 heteroatoms. The second kappa shape index (κ2) is 16.5. The minimum Gasteiger partial charge on any atom is -0.499 e. The van der Waals surface area contributed by atoms with Crippen LogP contribution < -0.4 is 0 Å². The van der Waals surface area contributed by atoms with Gasteiger partial charge < -0.3 is 9.47 Å². The van der Waals surface area contributed by atoms with Crippen LogP contribution in [0.4, 0.5) is 0 Å². The molecule has 0 aromatic rings. The van der Waals surface area contributed by atoms with E-state index in [1.807, 2.05) is 0 Å². The van der Waals surface area contributed by atoms with Gasteiger partial charge in [-0.05, 0) is 6.42 Å². The van der Waals surface area contributed by atoms with Gasteiger partial charge in [-0.3, -0.25) is 0 Å². The summed E-state index contributed by atoms with van der Waals surface area (Å²) in [7, 11) is 0. The third kappa shape index (κ3) is 15.5.